The standard InChI is InChI=1S/C12H11ClN4O/c1-7-5-8(6-16-11(7)13)17-12(18)10-9(14)3-2-4-15-10/h2-6H,14H2,1H3,(H,17,18). The molecule has 0 spiro atoms. The van der Waals surface area contributed by atoms with E-state index in [2.05, 4.69) is 15.3 Å². The predicted octanol–water partition coefficient (Wildman–Crippen LogP) is 2.27. The maximum atomic E-state index is 11.9. The fourth-order valence-electron chi connectivity index (χ4n) is 1.42. The lowest BCUT2D eigenvalue weighted by molar-refractivity contribution is 0.102. The van der Waals surface area contributed by atoms with E-state index in [0.717, 1.165) is 5.56 Å². The van der Waals surface area contributed by atoms with E-state index in [-0.39, 0.29) is 11.6 Å². The molecule has 0 aliphatic heterocycles. The topological polar surface area (TPSA) is 80.9 Å². The molecule has 0 bridgehead atoms. The second-order valence-electron chi connectivity index (χ2n) is 3.73. The number of rotatable bonds is 2. The lowest BCUT2D eigenvalue weighted by atomic mass is 10.2. The van der Waals surface area contributed by atoms with E-state index in [1.807, 2.05) is 0 Å². The largest absolute Gasteiger partial charge is 0.397 e. The van der Waals surface area contributed by atoms with Crippen molar-refractivity contribution in [3.05, 3.63) is 47.0 Å². The molecule has 2 heterocycles. The molecular formula is C12H11ClN4O. The summed E-state index contributed by atoms with van der Waals surface area (Å²) in [6, 6.07) is 5.01. The Balaban J connectivity index is 2.22. The summed E-state index contributed by atoms with van der Waals surface area (Å²) in [6.45, 7) is 1.81. The summed E-state index contributed by atoms with van der Waals surface area (Å²) in [4.78, 5) is 19.8. The average molecular weight is 263 g/mol. The van der Waals surface area contributed by atoms with Gasteiger partial charge in [0.25, 0.3) is 5.91 Å². The van der Waals surface area contributed by atoms with E-state index in [1.54, 1.807) is 25.1 Å². The molecular weight excluding hydrogens is 252 g/mol. The van der Waals surface area contributed by atoms with Gasteiger partial charge in [0.05, 0.1) is 17.6 Å². The zero-order valence-electron chi connectivity index (χ0n) is 9.64. The fraction of sp³-hybridized carbons (Fsp3) is 0.0833. The zero-order valence-corrected chi connectivity index (χ0v) is 10.4. The quantitative estimate of drug-likeness (QED) is 0.814. The molecule has 5 nitrogen and oxygen atoms in total. The number of hydrogen-bond donors (Lipinski definition) is 2. The number of hydrogen-bond acceptors (Lipinski definition) is 4. The van der Waals surface area contributed by atoms with Crippen molar-refractivity contribution in [3.63, 3.8) is 0 Å². The summed E-state index contributed by atoms with van der Waals surface area (Å²) in [5.74, 6) is -0.378. The van der Waals surface area contributed by atoms with Crippen LogP contribution < -0.4 is 11.1 Å². The van der Waals surface area contributed by atoms with Crippen LogP contribution in [0.2, 0.25) is 5.15 Å². The van der Waals surface area contributed by atoms with Crippen molar-refractivity contribution in [2.45, 2.75) is 6.92 Å². The maximum Gasteiger partial charge on any atom is 0.276 e. The summed E-state index contributed by atoms with van der Waals surface area (Å²) in [5, 5.41) is 3.07. The predicted molar refractivity (Wildman–Crippen MR) is 70.6 cm³/mol. The molecule has 2 rings (SSSR count). The Bertz CT molecular complexity index is 600. The number of aromatic nitrogens is 2. The van der Waals surface area contributed by atoms with Gasteiger partial charge in [-0.3, -0.25) is 4.79 Å². The Morgan fingerprint density at radius 3 is 2.89 bits per heavy atom. The van der Waals surface area contributed by atoms with Crippen LogP contribution in [0.4, 0.5) is 11.4 Å². The number of amides is 1. The lowest BCUT2D eigenvalue weighted by Gasteiger charge is -2.07. The minimum absolute atomic E-state index is 0.185. The Kier molecular flexibility index (Phi) is 3.43. The molecule has 92 valence electrons. The van der Waals surface area contributed by atoms with Crippen LogP contribution in [0.25, 0.3) is 0 Å². The van der Waals surface area contributed by atoms with Gasteiger partial charge in [0.1, 0.15) is 5.15 Å². The normalized spacial score (nSPS) is 10.1. The van der Waals surface area contributed by atoms with E-state index < -0.39 is 0 Å². The summed E-state index contributed by atoms with van der Waals surface area (Å²) in [6.07, 6.45) is 2.99. The van der Waals surface area contributed by atoms with E-state index in [1.165, 1.54) is 12.4 Å². The van der Waals surface area contributed by atoms with Crippen molar-refractivity contribution in [2.24, 2.45) is 0 Å². The third-order valence-electron chi connectivity index (χ3n) is 2.33. The van der Waals surface area contributed by atoms with E-state index >= 15 is 0 Å². The molecule has 0 atom stereocenters. The highest BCUT2D eigenvalue weighted by molar-refractivity contribution is 6.30. The Morgan fingerprint density at radius 1 is 1.44 bits per heavy atom. The van der Waals surface area contributed by atoms with E-state index in [4.69, 9.17) is 17.3 Å². The summed E-state index contributed by atoms with van der Waals surface area (Å²) in [7, 11) is 0. The molecule has 1 amide bonds. The monoisotopic (exact) mass is 262 g/mol. The van der Waals surface area contributed by atoms with Crippen LogP contribution in [0.3, 0.4) is 0 Å². The summed E-state index contributed by atoms with van der Waals surface area (Å²) >= 11 is 5.80. The summed E-state index contributed by atoms with van der Waals surface area (Å²) in [5.41, 5.74) is 7.51. The zero-order chi connectivity index (χ0) is 13.1. The number of halogens is 1. The molecule has 0 saturated heterocycles. The number of nitrogens with two attached hydrogens (primary N) is 1. The number of carbonyl (C=O) groups is 1. The minimum Gasteiger partial charge on any atom is -0.397 e. The molecule has 0 unspecified atom stereocenters. The van der Waals surface area contributed by atoms with Crippen molar-refractivity contribution >= 4 is 28.9 Å². The van der Waals surface area contributed by atoms with Crippen LogP contribution in [0, 0.1) is 6.92 Å². The van der Waals surface area contributed by atoms with Crippen molar-refractivity contribution in [2.75, 3.05) is 11.1 Å². The third-order valence-corrected chi connectivity index (χ3v) is 2.72. The summed E-state index contributed by atoms with van der Waals surface area (Å²) < 4.78 is 0. The molecule has 0 aliphatic carbocycles. The maximum absolute atomic E-state index is 11.9. The van der Waals surface area contributed by atoms with Gasteiger partial charge < -0.3 is 11.1 Å². The first-order valence-electron chi connectivity index (χ1n) is 5.22. The smallest absolute Gasteiger partial charge is 0.276 e. The number of pyridine rings is 2. The Labute approximate surface area is 109 Å². The number of anilines is 2. The lowest BCUT2D eigenvalue weighted by Crippen LogP contribution is -2.15. The highest BCUT2D eigenvalue weighted by atomic mass is 35.5. The van der Waals surface area contributed by atoms with Gasteiger partial charge in [-0.25, -0.2) is 9.97 Å². The fourth-order valence-corrected chi connectivity index (χ4v) is 1.53. The molecule has 18 heavy (non-hydrogen) atoms. The van der Waals surface area contributed by atoms with E-state index in [9.17, 15) is 4.79 Å². The van der Waals surface area contributed by atoms with Crippen molar-refractivity contribution in [1.29, 1.82) is 0 Å². The SMILES string of the molecule is Cc1cc(NC(=O)c2ncccc2N)cnc1Cl. The molecule has 0 radical (unpaired) electrons. The van der Waals surface area contributed by atoms with Crippen LogP contribution in [0.15, 0.2) is 30.6 Å². The van der Waals surface area contributed by atoms with Gasteiger partial charge in [0, 0.05) is 6.20 Å². The molecule has 0 saturated carbocycles. The molecule has 2 aromatic rings. The molecule has 0 fully saturated rings. The van der Waals surface area contributed by atoms with Crippen LogP contribution in [0.1, 0.15) is 16.1 Å². The van der Waals surface area contributed by atoms with Crippen molar-refractivity contribution in [1.82, 2.24) is 9.97 Å². The second-order valence-corrected chi connectivity index (χ2v) is 4.09. The Hall–Kier alpha value is -2.14. The molecule has 2 aromatic heterocycles. The number of nitrogens with one attached hydrogen (secondary N) is 1. The van der Waals surface area contributed by atoms with Gasteiger partial charge in [0.2, 0.25) is 0 Å². The number of nitrogen functional groups attached to an aromatic ring is 1. The average Bonchev–Trinajstić information content (AvgIpc) is 2.34. The van der Waals surface area contributed by atoms with Crippen LogP contribution >= 0.6 is 11.6 Å². The molecule has 6 heteroatoms. The first kappa shape index (κ1) is 12.3. The number of nitrogens with zero attached hydrogens (tertiary/aromatic N) is 2. The van der Waals surface area contributed by atoms with Gasteiger partial charge in [-0.05, 0) is 30.7 Å². The van der Waals surface area contributed by atoms with Crippen molar-refractivity contribution < 1.29 is 4.79 Å². The third kappa shape index (κ3) is 2.57. The number of aryl methyl sites for hydroxylation is 1. The minimum atomic E-state index is -0.378. The van der Waals surface area contributed by atoms with E-state index in [0.29, 0.717) is 16.5 Å². The first-order chi connectivity index (χ1) is 8.58. The molecule has 0 aliphatic rings. The second kappa shape index (κ2) is 5.01. The van der Waals surface area contributed by atoms with Gasteiger partial charge >= 0.3 is 0 Å². The molecule has 0 aromatic carbocycles. The number of carbonyl (C=O) groups excluding carboxylic acids is 1. The highest BCUT2D eigenvalue weighted by Gasteiger charge is 2.11. The van der Waals surface area contributed by atoms with Crippen LogP contribution in [0.5, 0.6) is 0 Å². The van der Waals surface area contributed by atoms with Gasteiger partial charge in [0.15, 0.2) is 5.69 Å². The Morgan fingerprint density at radius 2 is 2.22 bits per heavy atom. The van der Waals surface area contributed by atoms with Gasteiger partial charge in [-0.15, -0.1) is 0 Å². The van der Waals surface area contributed by atoms with Crippen LogP contribution in [-0.4, -0.2) is 15.9 Å². The van der Waals surface area contributed by atoms with Gasteiger partial charge in [-0.2, -0.15) is 0 Å². The van der Waals surface area contributed by atoms with Gasteiger partial charge in [-0.1, -0.05) is 11.6 Å². The first-order valence-corrected chi connectivity index (χ1v) is 5.59. The highest BCUT2D eigenvalue weighted by Crippen LogP contribution is 2.17. The van der Waals surface area contributed by atoms with Crippen molar-refractivity contribution in [3.8, 4) is 0 Å². The van der Waals surface area contributed by atoms with Crippen LogP contribution in [-0.2, 0) is 0 Å². The molecule has 3 N–H and O–H groups in total.